The lowest BCUT2D eigenvalue weighted by molar-refractivity contribution is 0.412. The van der Waals surface area contributed by atoms with Gasteiger partial charge in [-0.15, -0.1) is 5.10 Å². The van der Waals surface area contributed by atoms with Crippen molar-refractivity contribution < 1.29 is 0 Å². The van der Waals surface area contributed by atoms with Crippen molar-refractivity contribution in [1.82, 2.24) is 20.1 Å². The number of nitrogens with zero attached hydrogens (tertiary/aromatic N) is 5. The molecule has 1 aliphatic rings. The number of hydrogen-bond acceptors (Lipinski definition) is 4. The van der Waals surface area contributed by atoms with E-state index in [-0.39, 0.29) is 5.82 Å². The number of rotatable bonds is 4. The van der Waals surface area contributed by atoms with Crippen molar-refractivity contribution in [2.75, 3.05) is 6.54 Å². The summed E-state index contributed by atoms with van der Waals surface area (Å²) in [5.74, 6) is 0.671. The Morgan fingerprint density at radius 2 is 2.32 bits per heavy atom. The lowest BCUT2D eigenvalue weighted by Crippen LogP contribution is -2.41. The quantitative estimate of drug-likeness (QED) is 0.602. The molecule has 0 bridgehead atoms. The molecule has 2 rings (SSSR count). The van der Waals surface area contributed by atoms with Crippen LogP contribution in [0.25, 0.3) is 0 Å². The van der Waals surface area contributed by atoms with Gasteiger partial charge in [-0.05, 0) is 12.8 Å². The van der Waals surface area contributed by atoms with Gasteiger partial charge in [0.15, 0.2) is 5.96 Å². The van der Waals surface area contributed by atoms with Gasteiger partial charge in [0.2, 0.25) is 0 Å². The van der Waals surface area contributed by atoms with E-state index in [1.165, 1.54) is 38.4 Å². The van der Waals surface area contributed by atoms with Gasteiger partial charge in [0, 0.05) is 6.04 Å². The molecule has 0 radical (unpaired) electrons. The first-order chi connectivity index (χ1) is 9.28. The Labute approximate surface area is 112 Å². The highest BCUT2D eigenvalue weighted by Crippen LogP contribution is 2.16. The number of aromatic nitrogens is 3. The van der Waals surface area contributed by atoms with Crippen LogP contribution in [0.5, 0.6) is 0 Å². The van der Waals surface area contributed by atoms with Crippen molar-refractivity contribution in [3.8, 4) is 6.07 Å². The number of nitrogens with two attached hydrogens (primary N) is 1. The van der Waals surface area contributed by atoms with E-state index in [2.05, 4.69) is 20.4 Å². The Bertz CT molecular complexity index is 465. The van der Waals surface area contributed by atoms with Crippen LogP contribution >= 0.6 is 0 Å². The second kappa shape index (κ2) is 6.73. The lowest BCUT2D eigenvalue weighted by atomic mass is 9.96. The fraction of sp³-hybridized carbons (Fsp3) is 0.667. The minimum Gasteiger partial charge on any atom is -0.370 e. The predicted octanol–water partition coefficient (Wildman–Crippen LogP) is 0.387. The Kier molecular flexibility index (Phi) is 4.72. The van der Waals surface area contributed by atoms with Crippen LogP contribution in [0.1, 0.15) is 37.9 Å². The van der Waals surface area contributed by atoms with E-state index in [4.69, 9.17) is 11.0 Å². The third-order valence-electron chi connectivity index (χ3n) is 3.20. The Balaban J connectivity index is 1.73. The summed E-state index contributed by atoms with van der Waals surface area (Å²) in [4.78, 5) is 8.08. The van der Waals surface area contributed by atoms with Gasteiger partial charge in [0.1, 0.15) is 12.4 Å². The summed E-state index contributed by atoms with van der Waals surface area (Å²) in [7, 11) is 0. The zero-order valence-electron chi connectivity index (χ0n) is 10.9. The molecule has 1 aromatic heterocycles. The van der Waals surface area contributed by atoms with Crippen LogP contribution in [-0.2, 0) is 6.54 Å². The summed E-state index contributed by atoms with van der Waals surface area (Å²) in [6, 6.07) is 2.35. The Morgan fingerprint density at radius 1 is 1.53 bits per heavy atom. The molecule has 0 atom stereocenters. The van der Waals surface area contributed by atoms with Crippen LogP contribution < -0.4 is 11.1 Å². The van der Waals surface area contributed by atoms with Crippen molar-refractivity contribution >= 4 is 5.96 Å². The maximum Gasteiger partial charge on any atom is 0.252 e. The maximum atomic E-state index is 8.60. The summed E-state index contributed by atoms with van der Waals surface area (Å²) >= 11 is 0. The minimum absolute atomic E-state index is 0.178. The molecule has 0 saturated heterocycles. The van der Waals surface area contributed by atoms with Gasteiger partial charge < -0.3 is 11.1 Å². The fourth-order valence-electron chi connectivity index (χ4n) is 2.23. The summed E-state index contributed by atoms with van der Waals surface area (Å²) < 4.78 is 1.59. The first-order valence-corrected chi connectivity index (χ1v) is 6.64. The van der Waals surface area contributed by atoms with E-state index in [0.29, 0.717) is 25.1 Å². The van der Waals surface area contributed by atoms with Crippen LogP contribution in [0.4, 0.5) is 0 Å². The van der Waals surface area contributed by atoms with Crippen molar-refractivity contribution in [1.29, 1.82) is 5.26 Å². The first kappa shape index (κ1) is 13.3. The van der Waals surface area contributed by atoms with Gasteiger partial charge in [-0.2, -0.15) is 5.26 Å². The van der Waals surface area contributed by atoms with Crippen LogP contribution in [0.15, 0.2) is 11.3 Å². The standard InChI is InChI=1S/C12H19N7/c13-8-11-16-9-19(18-11)7-6-15-12(14)17-10-4-2-1-3-5-10/h9-10H,1-7H2,(H3,14,15,17). The normalized spacial score (nSPS) is 17.1. The molecule has 1 heterocycles. The van der Waals surface area contributed by atoms with E-state index < -0.39 is 0 Å². The summed E-state index contributed by atoms with van der Waals surface area (Å²) in [6.45, 7) is 1.10. The molecule has 1 saturated carbocycles. The van der Waals surface area contributed by atoms with E-state index in [1.54, 1.807) is 4.68 Å². The maximum absolute atomic E-state index is 8.60. The van der Waals surface area contributed by atoms with Crippen molar-refractivity contribution in [3.63, 3.8) is 0 Å². The molecule has 0 aliphatic heterocycles. The van der Waals surface area contributed by atoms with E-state index >= 15 is 0 Å². The highest BCUT2D eigenvalue weighted by molar-refractivity contribution is 5.78. The SMILES string of the molecule is N#Cc1ncn(CCN=C(N)NC2CCCCC2)n1. The molecule has 0 aromatic carbocycles. The van der Waals surface area contributed by atoms with Crippen molar-refractivity contribution in [3.05, 3.63) is 12.2 Å². The van der Waals surface area contributed by atoms with Gasteiger partial charge in [-0.25, -0.2) is 9.67 Å². The van der Waals surface area contributed by atoms with Gasteiger partial charge in [-0.1, -0.05) is 19.3 Å². The highest BCUT2D eigenvalue weighted by Gasteiger charge is 2.13. The predicted molar refractivity (Wildman–Crippen MR) is 71.2 cm³/mol. The average molecular weight is 261 g/mol. The lowest BCUT2D eigenvalue weighted by Gasteiger charge is -2.23. The third kappa shape index (κ3) is 4.25. The zero-order valence-corrected chi connectivity index (χ0v) is 10.9. The molecule has 1 aliphatic carbocycles. The topological polar surface area (TPSA) is 105 Å². The highest BCUT2D eigenvalue weighted by atomic mass is 15.3. The third-order valence-corrected chi connectivity index (χ3v) is 3.20. The van der Waals surface area contributed by atoms with E-state index in [1.807, 2.05) is 6.07 Å². The van der Waals surface area contributed by atoms with Crippen LogP contribution in [-0.4, -0.2) is 33.3 Å². The van der Waals surface area contributed by atoms with Gasteiger partial charge in [-0.3, -0.25) is 4.99 Å². The molecule has 0 spiro atoms. The molecule has 1 aromatic rings. The molecule has 0 amide bonds. The largest absolute Gasteiger partial charge is 0.370 e. The monoisotopic (exact) mass is 261 g/mol. The minimum atomic E-state index is 0.178. The zero-order chi connectivity index (χ0) is 13.5. The van der Waals surface area contributed by atoms with Crippen LogP contribution in [0.2, 0.25) is 0 Å². The molecule has 7 heteroatoms. The molecule has 102 valence electrons. The Hall–Kier alpha value is -2.10. The molecule has 1 fully saturated rings. The first-order valence-electron chi connectivity index (χ1n) is 6.64. The van der Waals surface area contributed by atoms with Gasteiger partial charge >= 0.3 is 0 Å². The van der Waals surface area contributed by atoms with Crippen LogP contribution in [0, 0.1) is 11.3 Å². The van der Waals surface area contributed by atoms with Gasteiger partial charge in [0.05, 0.1) is 13.1 Å². The van der Waals surface area contributed by atoms with Crippen LogP contribution in [0.3, 0.4) is 0 Å². The number of nitriles is 1. The molecule has 7 nitrogen and oxygen atoms in total. The fourth-order valence-corrected chi connectivity index (χ4v) is 2.23. The smallest absolute Gasteiger partial charge is 0.252 e. The second-order valence-corrected chi connectivity index (χ2v) is 4.69. The van der Waals surface area contributed by atoms with Crippen molar-refractivity contribution in [2.45, 2.75) is 44.7 Å². The molecular formula is C12H19N7. The Morgan fingerprint density at radius 3 is 3.00 bits per heavy atom. The van der Waals surface area contributed by atoms with E-state index in [0.717, 1.165) is 0 Å². The number of nitrogens with one attached hydrogen (secondary N) is 1. The summed E-state index contributed by atoms with van der Waals surface area (Å²) in [5, 5.41) is 15.8. The number of hydrogen-bond donors (Lipinski definition) is 2. The number of aliphatic imine (C=N–C) groups is 1. The summed E-state index contributed by atoms with van der Waals surface area (Å²) in [5.41, 5.74) is 5.84. The number of guanidine groups is 1. The van der Waals surface area contributed by atoms with E-state index in [9.17, 15) is 0 Å². The molecular weight excluding hydrogens is 242 g/mol. The summed E-state index contributed by atoms with van der Waals surface area (Å²) in [6.07, 6.45) is 7.72. The molecule has 19 heavy (non-hydrogen) atoms. The molecule has 3 N–H and O–H groups in total. The molecule has 0 unspecified atom stereocenters. The second-order valence-electron chi connectivity index (χ2n) is 4.69. The average Bonchev–Trinajstić information content (AvgIpc) is 2.88. The van der Waals surface area contributed by atoms with Crippen molar-refractivity contribution in [2.24, 2.45) is 10.7 Å². The van der Waals surface area contributed by atoms with Gasteiger partial charge in [0.25, 0.3) is 5.82 Å².